The second-order valence-electron chi connectivity index (χ2n) is 7.22. The van der Waals surface area contributed by atoms with Gasteiger partial charge in [0.2, 0.25) is 5.91 Å². The number of benzene rings is 2. The zero-order valence-corrected chi connectivity index (χ0v) is 16.8. The van der Waals surface area contributed by atoms with Gasteiger partial charge >= 0.3 is 0 Å². The first-order valence-corrected chi connectivity index (χ1v) is 10.8. The number of nitrogens with zero attached hydrogens (tertiary/aromatic N) is 2. The predicted octanol–water partition coefficient (Wildman–Crippen LogP) is 4.77. The smallest absolute Gasteiger partial charge is 0.262 e. The summed E-state index contributed by atoms with van der Waals surface area (Å²) in [4.78, 5) is 30.3. The van der Waals surface area contributed by atoms with Crippen LogP contribution in [0.5, 0.6) is 0 Å². The molecular weight excluding hydrogens is 389 g/mol. The highest BCUT2D eigenvalue weighted by Gasteiger charge is 2.22. The summed E-state index contributed by atoms with van der Waals surface area (Å²) in [6, 6.07) is 13.1. The predicted molar refractivity (Wildman–Crippen MR) is 114 cm³/mol. The van der Waals surface area contributed by atoms with Crippen molar-refractivity contribution in [1.29, 1.82) is 0 Å². The summed E-state index contributed by atoms with van der Waals surface area (Å²) in [6.07, 6.45) is 5.29. The maximum atomic E-state index is 13.2. The van der Waals surface area contributed by atoms with Crippen molar-refractivity contribution in [2.75, 3.05) is 11.1 Å². The maximum Gasteiger partial charge on any atom is 0.262 e. The molecule has 3 aromatic rings. The Hall–Kier alpha value is -2.67. The van der Waals surface area contributed by atoms with E-state index in [1.165, 1.54) is 42.4 Å². The Kier molecular flexibility index (Phi) is 5.94. The number of carbonyl (C=O) groups is 1. The number of carbonyl (C=O) groups excluding carboxylic acids is 1. The number of halogens is 1. The number of aromatic nitrogens is 2. The van der Waals surface area contributed by atoms with E-state index in [-0.39, 0.29) is 29.1 Å². The highest BCUT2D eigenvalue weighted by Crippen LogP contribution is 2.31. The van der Waals surface area contributed by atoms with Gasteiger partial charge in [-0.25, -0.2) is 9.37 Å². The van der Waals surface area contributed by atoms with Crippen molar-refractivity contribution in [2.24, 2.45) is 0 Å². The number of fused-ring (bicyclic) bond motifs is 1. The molecule has 7 heteroatoms. The van der Waals surface area contributed by atoms with E-state index in [2.05, 4.69) is 5.32 Å². The first-order valence-electron chi connectivity index (χ1n) is 9.81. The number of thioether (sulfide) groups is 1. The number of anilines is 1. The third-order valence-corrected chi connectivity index (χ3v) is 6.13. The van der Waals surface area contributed by atoms with Crippen LogP contribution in [0.25, 0.3) is 10.9 Å². The molecule has 0 bridgehead atoms. The largest absolute Gasteiger partial charge is 0.325 e. The standard InChI is InChI=1S/C22H22FN3O2S/c23-15-10-12-16(13-11-15)24-20(27)14-29-22-25-19-9-5-4-8-18(19)21(28)26(22)17-6-2-1-3-7-17/h4-5,8-13,17H,1-3,6-7,14H2,(H,24,27). The average molecular weight is 412 g/mol. The Morgan fingerprint density at radius 1 is 1.10 bits per heavy atom. The fourth-order valence-electron chi connectivity index (χ4n) is 3.75. The van der Waals surface area contributed by atoms with E-state index in [1.807, 2.05) is 18.2 Å². The lowest BCUT2D eigenvalue weighted by atomic mass is 9.95. The molecule has 0 aliphatic heterocycles. The molecule has 1 heterocycles. The Labute approximate surface area is 172 Å². The van der Waals surface area contributed by atoms with Crippen LogP contribution in [-0.4, -0.2) is 21.2 Å². The third-order valence-electron chi connectivity index (χ3n) is 5.18. The van der Waals surface area contributed by atoms with Gasteiger partial charge in [0, 0.05) is 11.7 Å². The van der Waals surface area contributed by atoms with Crippen molar-refractivity contribution in [3.05, 3.63) is 64.7 Å². The molecule has 1 N–H and O–H groups in total. The van der Waals surface area contributed by atoms with Crippen LogP contribution < -0.4 is 10.9 Å². The minimum atomic E-state index is -0.353. The van der Waals surface area contributed by atoms with Gasteiger partial charge < -0.3 is 5.32 Å². The van der Waals surface area contributed by atoms with Crippen LogP contribution in [0.3, 0.4) is 0 Å². The summed E-state index contributed by atoms with van der Waals surface area (Å²) in [5.41, 5.74) is 1.14. The van der Waals surface area contributed by atoms with E-state index in [4.69, 9.17) is 4.98 Å². The van der Waals surface area contributed by atoms with Gasteiger partial charge in [0.1, 0.15) is 5.82 Å². The Bertz CT molecular complexity index is 1080. The van der Waals surface area contributed by atoms with Crippen LogP contribution in [0.1, 0.15) is 38.1 Å². The number of hydrogen-bond acceptors (Lipinski definition) is 4. The summed E-state index contributed by atoms with van der Waals surface area (Å²) in [5.74, 6) is -0.456. The average Bonchev–Trinajstić information content (AvgIpc) is 2.75. The summed E-state index contributed by atoms with van der Waals surface area (Å²) in [6.45, 7) is 0. The molecule has 0 atom stereocenters. The highest BCUT2D eigenvalue weighted by atomic mass is 32.2. The van der Waals surface area contributed by atoms with Gasteiger partial charge in [0.25, 0.3) is 5.56 Å². The zero-order valence-electron chi connectivity index (χ0n) is 15.9. The molecule has 1 fully saturated rings. The van der Waals surface area contributed by atoms with Crippen LogP contribution in [0.15, 0.2) is 58.5 Å². The van der Waals surface area contributed by atoms with Gasteiger partial charge in [-0.3, -0.25) is 14.2 Å². The van der Waals surface area contributed by atoms with Gasteiger partial charge in [-0.05, 0) is 49.2 Å². The molecule has 1 aromatic heterocycles. The molecular formula is C22H22FN3O2S. The Morgan fingerprint density at radius 2 is 1.83 bits per heavy atom. The number of para-hydroxylation sites is 1. The minimum Gasteiger partial charge on any atom is -0.325 e. The highest BCUT2D eigenvalue weighted by molar-refractivity contribution is 7.99. The summed E-state index contributed by atoms with van der Waals surface area (Å²) >= 11 is 1.27. The van der Waals surface area contributed by atoms with Crippen LogP contribution in [0, 0.1) is 5.82 Å². The molecule has 0 radical (unpaired) electrons. The van der Waals surface area contributed by atoms with Gasteiger partial charge in [0.05, 0.1) is 16.7 Å². The molecule has 5 nitrogen and oxygen atoms in total. The topological polar surface area (TPSA) is 64.0 Å². The third kappa shape index (κ3) is 4.50. The quantitative estimate of drug-likeness (QED) is 0.485. The van der Waals surface area contributed by atoms with Crippen molar-refractivity contribution < 1.29 is 9.18 Å². The van der Waals surface area contributed by atoms with E-state index < -0.39 is 0 Å². The number of hydrogen-bond donors (Lipinski definition) is 1. The van der Waals surface area contributed by atoms with E-state index >= 15 is 0 Å². The lowest BCUT2D eigenvalue weighted by molar-refractivity contribution is -0.113. The molecule has 4 rings (SSSR count). The second-order valence-corrected chi connectivity index (χ2v) is 8.16. The van der Waals surface area contributed by atoms with Crippen LogP contribution >= 0.6 is 11.8 Å². The van der Waals surface area contributed by atoms with Gasteiger partial charge in [-0.2, -0.15) is 0 Å². The van der Waals surface area contributed by atoms with Gasteiger partial charge in [-0.1, -0.05) is 43.2 Å². The summed E-state index contributed by atoms with van der Waals surface area (Å²) in [7, 11) is 0. The normalized spacial score (nSPS) is 14.8. The fraction of sp³-hybridized carbons (Fsp3) is 0.318. The monoisotopic (exact) mass is 411 g/mol. The lowest BCUT2D eigenvalue weighted by Gasteiger charge is -2.26. The van der Waals surface area contributed by atoms with Crippen molar-refractivity contribution in [3.63, 3.8) is 0 Å². The van der Waals surface area contributed by atoms with E-state index in [0.717, 1.165) is 25.7 Å². The van der Waals surface area contributed by atoms with Crippen molar-refractivity contribution in [1.82, 2.24) is 9.55 Å². The van der Waals surface area contributed by atoms with Crippen LogP contribution in [0.2, 0.25) is 0 Å². The molecule has 29 heavy (non-hydrogen) atoms. The molecule has 150 valence electrons. The molecule has 1 amide bonds. The SMILES string of the molecule is O=C(CSc1nc2ccccc2c(=O)n1C1CCCCC1)Nc1ccc(F)cc1. The summed E-state index contributed by atoms with van der Waals surface area (Å²) < 4.78 is 14.8. The van der Waals surface area contributed by atoms with Crippen molar-refractivity contribution >= 4 is 34.3 Å². The molecule has 1 saturated carbocycles. The van der Waals surface area contributed by atoms with Crippen molar-refractivity contribution in [3.8, 4) is 0 Å². The first kappa shape index (κ1) is 19.6. The Morgan fingerprint density at radius 3 is 2.59 bits per heavy atom. The van der Waals surface area contributed by atoms with Crippen molar-refractivity contribution in [2.45, 2.75) is 43.3 Å². The van der Waals surface area contributed by atoms with E-state index in [9.17, 15) is 14.0 Å². The molecule has 0 unspecified atom stereocenters. The molecule has 1 aliphatic rings. The maximum absolute atomic E-state index is 13.2. The van der Waals surface area contributed by atoms with E-state index in [1.54, 1.807) is 10.6 Å². The Balaban J connectivity index is 1.59. The minimum absolute atomic E-state index is 0.0380. The van der Waals surface area contributed by atoms with Gasteiger partial charge in [0.15, 0.2) is 5.16 Å². The number of amides is 1. The van der Waals surface area contributed by atoms with E-state index in [0.29, 0.717) is 21.7 Å². The lowest BCUT2D eigenvalue weighted by Crippen LogP contribution is -2.29. The van der Waals surface area contributed by atoms with Crippen LogP contribution in [0.4, 0.5) is 10.1 Å². The second kappa shape index (κ2) is 8.78. The van der Waals surface area contributed by atoms with Gasteiger partial charge in [-0.15, -0.1) is 0 Å². The fourth-order valence-corrected chi connectivity index (χ4v) is 4.62. The molecule has 2 aromatic carbocycles. The zero-order chi connectivity index (χ0) is 20.2. The molecule has 1 aliphatic carbocycles. The number of rotatable bonds is 5. The summed E-state index contributed by atoms with van der Waals surface area (Å²) in [5, 5.41) is 3.94. The van der Waals surface area contributed by atoms with Crippen LogP contribution in [-0.2, 0) is 4.79 Å². The number of nitrogens with one attached hydrogen (secondary N) is 1. The molecule has 0 spiro atoms. The molecule has 0 saturated heterocycles. The first-order chi connectivity index (χ1) is 14.1.